The first kappa shape index (κ1) is 18.8. The van der Waals surface area contributed by atoms with Gasteiger partial charge in [-0.2, -0.15) is 0 Å². The Kier molecular flexibility index (Phi) is 6.25. The van der Waals surface area contributed by atoms with E-state index in [1.165, 1.54) is 6.92 Å². The molecule has 0 fully saturated rings. The Morgan fingerprint density at radius 3 is 2.62 bits per heavy atom. The molecular formula is C19H17Cl2N3OS. The van der Waals surface area contributed by atoms with Crippen LogP contribution in [0.15, 0.2) is 66.1 Å². The molecule has 1 heterocycles. The first-order chi connectivity index (χ1) is 12.5. The maximum absolute atomic E-state index is 11.2. The molecule has 134 valence electrons. The van der Waals surface area contributed by atoms with Gasteiger partial charge in [0.2, 0.25) is 5.91 Å². The molecule has 0 saturated heterocycles. The number of hydrogen-bond donors (Lipinski definition) is 1. The number of anilines is 1. The van der Waals surface area contributed by atoms with E-state index >= 15 is 0 Å². The normalized spacial score (nSPS) is 12.0. The van der Waals surface area contributed by atoms with Gasteiger partial charge in [0.1, 0.15) is 0 Å². The summed E-state index contributed by atoms with van der Waals surface area (Å²) in [6.45, 7) is 2.21. The third-order valence-electron chi connectivity index (χ3n) is 3.70. The predicted molar refractivity (Wildman–Crippen MR) is 108 cm³/mol. The number of nitrogens with zero attached hydrogens (tertiary/aromatic N) is 2. The number of carbonyl (C=O) groups is 1. The average Bonchev–Trinajstić information content (AvgIpc) is 3.09. The number of nitrogens with one attached hydrogen (secondary N) is 1. The molecule has 2 aromatic carbocycles. The van der Waals surface area contributed by atoms with E-state index < -0.39 is 0 Å². The fourth-order valence-corrected chi connectivity index (χ4v) is 4.34. The molecule has 1 aromatic heterocycles. The van der Waals surface area contributed by atoms with E-state index in [1.807, 2.05) is 47.2 Å². The number of rotatable bonds is 6. The molecule has 1 N–H and O–H groups in total. The number of hydrogen-bond acceptors (Lipinski definition) is 3. The molecule has 1 atom stereocenters. The summed E-state index contributed by atoms with van der Waals surface area (Å²) in [6, 6.07) is 13.3. The van der Waals surface area contributed by atoms with E-state index in [1.54, 1.807) is 30.4 Å². The van der Waals surface area contributed by atoms with Gasteiger partial charge >= 0.3 is 0 Å². The van der Waals surface area contributed by atoms with Gasteiger partial charge in [-0.1, -0.05) is 29.3 Å². The number of imidazole rings is 1. The van der Waals surface area contributed by atoms with Crippen LogP contribution in [0.2, 0.25) is 10.0 Å². The minimum absolute atomic E-state index is 0.0839. The molecule has 1 amide bonds. The molecule has 0 spiro atoms. The van der Waals surface area contributed by atoms with Gasteiger partial charge in [0.15, 0.2) is 0 Å². The minimum Gasteiger partial charge on any atom is -0.336 e. The second-order valence-corrected chi connectivity index (χ2v) is 7.86. The molecule has 3 aromatic rings. The SMILES string of the molecule is CC(=O)Nc1ccc(SC(Cn2ccnc2)c2ccc(Cl)cc2Cl)cc1. The number of carbonyl (C=O) groups excluding carboxylic acids is 1. The zero-order valence-electron chi connectivity index (χ0n) is 14.0. The minimum atomic E-state index is -0.0867. The Morgan fingerprint density at radius 1 is 1.23 bits per heavy atom. The molecule has 0 bridgehead atoms. The average molecular weight is 406 g/mol. The van der Waals surface area contributed by atoms with Gasteiger partial charge in [-0.3, -0.25) is 4.79 Å². The van der Waals surface area contributed by atoms with Crippen LogP contribution < -0.4 is 5.32 Å². The van der Waals surface area contributed by atoms with Crippen molar-refractivity contribution in [2.75, 3.05) is 5.32 Å². The van der Waals surface area contributed by atoms with E-state index in [9.17, 15) is 4.79 Å². The quantitative estimate of drug-likeness (QED) is 0.536. The van der Waals surface area contributed by atoms with Crippen LogP contribution in [0.25, 0.3) is 0 Å². The lowest BCUT2D eigenvalue weighted by atomic mass is 10.1. The topological polar surface area (TPSA) is 46.9 Å². The third kappa shape index (κ3) is 5.04. The summed E-state index contributed by atoms with van der Waals surface area (Å²) in [5.41, 5.74) is 1.79. The maximum atomic E-state index is 11.2. The largest absolute Gasteiger partial charge is 0.336 e. The number of halogens is 2. The Hall–Kier alpha value is -1.95. The van der Waals surface area contributed by atoms with Gasteiger partial charge in [0.05, 0.1) is 11.6 Å². The van der Waals surface area contributed by atoms with Crippen molar-refractivity contribution in [2.45, 2.75) is 23.6 Å². The van der Waals surface area contributed by atoms with E-state index in [2.05, 4.69) is 10.3 Å². The van der Waals surface area contributed by atoms with Gasteiger partial charge in [-0.05, 0) is 42.0 Å². The van der Waals surface area contributed by atoms with Crippen molar-refractivity contribution in [3.63, 3.8) is 0 Å². The van der Waals surface area contributed by atoms with Crippen LogP contribution in [0, 0.1) is 0 Å². The van der Waals surface area contributed by atoms with Crippen molar-refractivity contribution in [1.82, 2.24) is 9.55 Å². The number of amides is 1. The molecule has 0 aliphatic rings. The van der Waals surface area contributed by atoms with Gasteiger partial charge in [-0.15, -0.1) is 11.8 Å². The van der Waals surface area contributed by atoms with Crippen molar-refractivity contribution < 1.29 is 4.79 Å². The van der Waals surface area contributed by atoms with Gasteiger partial charge in [0.25, 0.3) is 0 Å². The fraction of sp³-hybridized carbons (Fsp3) is 0.158. The number of benzene rings is 2. The van der Waals surface area contributed by atoms with Crippen molar-refractivity contribution in [1.29, 1.82) is 0 Å². The summed E-state index contributed by atoms with van der Waals surface area (Å²) in [7, 11) is 0. The number of thioether (sulfide) groups is 1. The first-order valence-corrected chi connectivity index (χ1v) is 9.60. The van der Waals surface area contributed by atoms with E-state index in [4.69, 9.17) is 23.2 Å². The Labute approximate surface area is 166 Å². The van der Waals surface area contributed by atoms with Crippen LogP contribution in [-0.4, -0.2) is 15.5 Å². The van der Waals surface area contributed by atoms with Crippen molar-refractivity contribution in [3.8, 4) is 0 Å². The summed E-state index contributed by atoms with van der Waals surface area (Å²) < 4.78 is 2.02. The molecule has 1 unspecified atom stereocenters. The lowest BCUT2D eigenvalue weighted by Crippen LogP contribution is -2.06. The number of aromatic nitrogens is 2. The zero-order valence-corrected chi connectivity index (χ0v) is 16.4. The maximum Gasteiger partial charge on any atom is 0.221 e. The smallest absolute Gasteiger partial charge is 0.221 e. The predicted octanol–water partition coefficient (Wildman–Crippen LogP) is 5.68. The van der Waals surface area contributed by atoms with Crippen molar-refractivity contribution >= 4 is 46.6 Å². The van der Waals surface area contributed by atoms with Gasteiger partial charge < -0.3 is 9.88 Å². The molecule has 4 nitrogen and oxygen atoms in total. The van der Waals surface area contributed by atoms with Gasteiger partial charge in [-0.25, -0.2) is 4.98 Å². The summed E-state index contributed by atoms with van der Waals surface area (Å²) in [5, 5.41) is 4.12. The van der Waals surface area contributed by atoms with Crippen molar-refractivity contribution in [2.24, 2.45) is 0 Å². The first-order valence-electron chi connectivity index (χ1n) is 7.96. The molecule has 0 aliphatic heterocycles. The molecular weight excluding hydrogens is 389 g/mol. The summed E-state index contributed by atoms with van der Waals surface area (Å²) in [6.07, 6.45) is 5.47. The molecule has 3 rings (SSSR count). The summed E-state index contributed by atoms with van der Waals surface area (Å²) in [4.78, 5) is 16.3. The Balaban J connectivity index is 1.84. The van der Waals surface area contributed by atoms with Crippen molar-refractivity contribution in [3.05, 3.63) is 76.8 Å². The van der Waals surface area contributed by atoms with E-state index in [-0.39, 0.29) is 11.2 Å². The summed E-state index contributed by atoms with van der Waals surface area (Å²) in [5.74, 6) is -0.0867. The standard InChI is InChI=1S/C19H17Cl2N3OS/c1-13(25)23-15-3-5-16(6-4-15)26-19(11-24-9-8-22-12-24)17-7-2-14(20)10-18(17)21/h2-10,12,19H,11H2,1H3,(H,23,25). The van der Waals surface area contributed by atoms with E-state index in [0.29, 0.717) is 10.0 Å². The monoisotopic (exact) mass is 405 g/mol. The Bertz CT molecular complexity index is 882. The highest BCUT2D eigenvalue weighted by atomic mass is 35.5. The second-order valence-electron chi connectivity index (χ2n) is 5.74. The highest BCUT2D eigenvalue weighted by molar-refractivity contribution is 7.99. The van der Waals surface area contributed by atoms with Crippen LogP contribution in [0.5, 0.6) is 0 Å². The lowest BCUT2D eigenvalue weighted by molar-refractivity contribution is -0.114. The van der Waals surface area contributed by atoms with Gasteiger partial charge in [0, 0.05) is 46.5 Å². The highest BCUT2D eigenvalue weighted by Crippen LogP contribution is 2.40. The van der Waals surface area contributed by atoms with Crippen LogP contribution in [0.1, 0.15) is 17.7 Å². The molecule has 7 heteroatoms. The molecule has 0 radical (unpaired) electrons. The molecule has 26 heavy (non-hydrogen) atoms. The Morgan fingerprint density at radius 2 is 2.00 bits per heavy atom. The zero-order chi connectivity index (χ0) is 18.5. The summed E-state index contributed by atoms with van der Waals surface area (Å²) >= 11 is 14.2. The molecule has 0 saturated carbocycles. The third-order valence-corrected chi connectivity index (χ3v) is 5.49. The van der Waals surface area contributed by atoms with Crippen LogP contribution in [-0.2, 0) is 11.3 Å². The second kappa shape index (κ2) is 8.62. The van der Waals surface area contributed by atoms with E-state index in [0.717, 1.165) is 22.7 Å². The van der Waals surface area contributed by atoms with Crippen LogP contribution >= 0.6 is 35.0 Å². The molecule has 0 aliphatic carbocycles. The van der Waals surface area contributed by atoms with Crippen LogP contribution in [0.3, 0.4) is 0 Å². The van der Waals surface area contributed by atoms with Crippen LogP contribution in [0.4, 0.5) is 5.69 Å². The lowest BCUT2D eigenvalue weighted by Gasteiger charge is -2.19. The fourth-order valence-electron chi connectivity index (χ4n) is 2.53. The highest BCUT2D eigenvalue weighted by Gasteiger charge is 2.17.